The summed E-state index contributed by atoms with van der Waals surface area (Å²) in [6.07, 6.45) is -1.33. The quantitative estimate of drug-likeness (QED) is 0.818. The van der Waals surface area contributed by atoms with Gasteiger partial charge >= 0.3 is 11.7 Å². The van der Waals surface area contributed by atoms with Gasteiger partial charge in [-0.05, 0) is 24.6 Å². The molecule has 0 spiro atoms. The molecule has 2 rings (SSSR count). The highest BCUT2D eigenvalue weighted by atomic mass is 16.5. The Morgan fingerprint density at radius 3 is 2.58 bits per heavy atom. The number of rotatable bonds is 3. The molecule has 0 fully saturated rings. The summed E-state index contributed by atoms with van der Waals surface area (Å²) < 4.78 is 7.75. The third-order valence-electron chi connectivity index (χ3n) is 3.12. The predicted octanol–water partition coefficient (Wildman–Crippen LogP) is 0.473. The summed E-state index contributed by atoms with van der Waals surface area (Å²) in [5.74, 6) is -0.692. The van der Waals surface area contributed by atoms with Gasteiger partial charge in [0.15, 0.2) is 6.10 Å². The Labute approximate surface area is 109 Å². The molecule has 6 nitrogen and oxygen atoms in total. The van der Waals surface area contributed by atoms with Gasteiger partial charge < -0.3 is 9.84 Å². The third-order valence-corrected chi connectivity index (χ3v) is 3.12. The Bertz CT molecular complexity index is 684. The minimum absolute atomic E-state index is 0.155. The van der Waals surface area contributed by atoms with Crippen molar-refractivity contribution in [2.45, 2.75) is 13.0 Å². The van der Waals surface area contributed by atoms with E-state index in [0.717, 1.165) is 5.52 Å². The molecule has 1 atom stereocenters. The first-order valence-corrected chi connectivity index (χ1v) is 5.97. The zero-order chi connectivity index (χ0) is 14.2. The predicted molar refractivity (Wildman–Crippen MR) is 69.8 cm³/mol. The van der Waals surface area contributed by atoms with Crippen molar-refractivity contribution in [1.82, 2.24) is 9.13 Å². The molecule has 1 heterocycles. The van der Waals surface area contributed by atoms with Gasteiger partial charge in [0.1, 0.15) is 0 Å². The topological polar surface area (TPSA) is 73.5 Å². The summed E-state index contributed by atoms with van der Waals surface area (Å²) >= 11 is 0. The highest BCUT2D eigenvalue weighted by Crippen LogP contribution is 2.20. The van der Waals surface area contributed by atoms with E-state index in [1.165, 1.54) is 9.13 Å². The molecule has 0 bridgehead atoms. The summed E-state index contributed by atoms with van der Waals surface area (Å²) in [7, 11) is 3.32. The maximum atomic E-state index is 11.8. The fourth-order valence-electron chi connectivity index (χ4n) is 2.05. The van der Waals surface area contributed by atoms with E-state index >= 15 is 0 Å². The first-order valence-electron chi connectivity index (χ1n) is 5.97. The molecule has 19 heavy (non-hydrogen) atoms. The number of hydrogen-bond donors (Lipinski definition) is 1. The monoisotopic (exact) mass is 264 g/mol. The normalized spacial score (nSPS) is 12.6. The summed E-state index contributed by atoms with van der Waals surface area (Å²) in [5, 5.41) is 9.88. The number of aryl methyl sites for hydroxylation is 2. The first kappa shape index (κ1) is 13.4. The number of aliphatic hydroxyl groups excluding tert-OH is 1. The lowest BCUT2D eigenvalue weighted by molar-refractivity contribution is -0.153. The zero-order valence-electron chi connectivity index (χ0n) is 11.1. The number of imidazole rings is 1. The summed E-state index contributed by atoms with van der Waals surface area (Å²) in [4.78, 5) is 23.3. The Kier molecular flexibility index (Phi) is 3.44. The van der Waals surface area contributed by atoms with Crippen molar-refractivity contribution in [3.05, 3.63) is 34.2 Å². The molecule has 1 unspecified atom stereocenters. The lowest BCUT2D eigenvalue weighted by Gasteiger charge is -2.10. The van der Waals surface area contributed by atoms with Crippen molar-refractivity contribution in [3.8, 4) is 0 Å². The second-order valence-corrected chi connectivity index (χ2v) is 4.30. The van der Waals surface area contributed by atoms with Crippen LogP contribution in [0.5, 0.6) is 0 Å². The van der Waals surface area contributed by atoms with Gasteiger partial charge in [0.2, 0.25) is 0 Å². The van der Waals surface area contributed by atoms with E-state index in [9.17, 15) is 14.7 Å². The molecule has 2 aromatic rings. The van der Waals surface area contributed by atoms with Crippen molar-refractivity contribution in [2.75, 3.05) is 6.61 Å². The first-order chi connectivity index (χ1) is 8.97. The van der Waals surface area contributed by atoms with E-state index in [1.54, 1.807) is 39.2 Å². The smallest absolute Gasteiger partial charge is 0.339 e. The SMILES string of the molecule is CCOC(=O)C(O)c1ccc2c(c1)n(C)c(=O)n2C. The molecule has 0 amide bonds. The molecule has 0 saturated carbocycles. The molecule has 0 aliphatic carbocycles. The zero-order valence-corrected chi connectivity index (χ0v) is 11.1. The van der Waals surface area contributed by atoms with Gasteiger partial charge in [0.25, 0.3) is 0 Å². The number of esters is 1. The second-order valence-electron chi connectivity index (χ2n) is 4.30. The van der Waals surface area contributed by atoms with Gasteiger partial charge in [-0.15, -0.1) is 0 Å². The minimum Gasteiger partial charge on any atom is -0.464 e. The van der Waals surface area contributed by atoms with Gasteiger partial charge in [0.05, 0.1) is 17.6 Å². The molecule has 1 N–H and O–H groups in total. The Morgan fingerprint density at radius 1 is 1.32 bits per heavy atom. The number of aliphatic hydroxyl groups is 1. The van der Waals surface area contributed by atoms with Crippen LogP contribution in [0.2, 0.25) is 0 Å². The molecule has 0 radical (unpaired) electrons. The van der Waals surface area contributed by atoms with Gasteiger partial charge in [-0.25, -0.2) is 9.59 Å². The highest BCUT2D eigenvalue weighted by molar-refractivity contribution is 5.81. The van der Waals surface area contributed by atoms with Crippen molar-refractivity contribution < 1.29 is 14.6 Å². The molecular weight excluding hydrogens is 248 g/mol. The van der Waals surface area contributed by atoms with Crippen LogP contribution in [0, 0.1) is 0 Å². The van der Waals surface area contributed by atoms with Gasteiger partial charge in [-0.3, -0.25) is 9.13 Å². The Balaban J connectivity index is 2.50. The second kappa shape index (κ2) is 4.89. The van der Waals surface area contributed by atoms with E-state index in [4.69, 9.17) is 4.74 Å². The summed E-state index contributed by atoms with van der Waals surface area (Å²) in [6.45, 7) is 1.89. The van der Waals surface area contributed by atoms with Gasteiger partial charge in [-0.1, -0.05) is 6.07 Å². The number of nitrogens with zero attached hydrogens (tertiary/aromatic N) is 2. The van der Waals surface area contributed by atoms with Crippen LogP contribution in [-0.2, 0) is 23.6 Å². The van der Waals surface area contributed by atoms with Crippen LogP contribution in [-0.4, -0.2) is 26.8 Å². The van der Waals surface area contributed by atoms with E-state index in [2.05, 4.69) is 0 Å². The molecule has 0 aliphatic heterocycles. The van der Waals surface area contributed by atoms with E-state index in [1.807, 2.05) is 0 Å². The van der Waals surface area contributed by atoms with Crippen LogP contribution in [0.15, 0.2) is 23.0 Å². The maximum Gasteiger partial charge on any atom is 0.339 e. The van der Waals surface area contributed by atoms with Gasteiger partial charge in [-0.2, -0.15) is 0 Å². The van der Waals surface area contributed by atoms with Crippen LogP contribution in [0.3, 0.4) is 0 Å². The molecule has 0 aliphatic rings. The summed E-state index contributed by atoms with van der Waals surface area (Å²) in [5.41, 5.74) is 1.66. The molecular formula is C13H16N2O4. The fraction of sp³-hybridized carbons (Fsp3) is 0.385. The average Bonchev–Trinajstić information content (AvgIpc) is 2.63. The lowest BCUT2D eigenvalue weighted by atomic mass is 10.1. The number of ether oxygens (including phenoxy) is 1. The van der Waals surface area contributed by atoms with E-state index < -0.39 is 12.1 Å². The van der Waals surface area contributed by atoms with Crippen molar-refractivity contribution in [2.24, 2.45) is 14.1 Å². The van der Waals surface area contributed by atoms with Gasteiger partial charge in [0, 0.05) is 14.1 Å². The molecule has 0 saturated heterocycles. The fourth-order valence-corrected chi connectivity index (χ4v) is 2.05. The highest BCUT2D eigenvalue weighted by Gasteiger charge is 2.20. The minimum atomic E-state index is -1.33. The standard InChI is InChI=1S/C13H16N2O4/c1-4-19-12(17)11(16)8-5-6-9-10(7-8)15(3)13(18)14(9)2/h5-7,11,16H,4H2,1-3H3. The molecule has 1 aromatic carbocycles. The third kappa shape index (κ3) is 2.15. The number of aromatic nitrogens is 2. The molecule has 102 valence electrons. The summed E-state index contributed by atoms with van der Waals surface area (Å²) in [6, 6.07) is 4.94. The number of carbonyl (C=O) groups excluding carboxylic acids is 1. The Morgan fingerprint density at radius 2 is 1.95 bits per heavy atom. The van der Waals surface area contributed by atoms with Crippen LogP contribution in [0.25, 0.3) is 11.0 Å². The van der Waals surface area contributed by atoms with Crippen LogP contribution < -0.4 is 5.69 Å². The van der Waals surface area contributed by atoms with Crippen molar-refractivity contribution in [3.63, 3.8) is 0 Å². The lowest BCUT2D eigenvalue weighted by Crippen LogP contribution is -2.19. The largest absolute Gasteiger partial charge is 0.464 e. The van der Waals surface area contributed by atoms with Crippen LogP contribution in [0.1, 0.15) is 18.6 Å². The number of carbonyl (C=O) groups is 1. The van der Waals surface area contributed by atoms with Crippen LogP contribution >= 0.6 is 0 Å². The molecule has 1 aromatic heterocycles. The van der Waals surface area contributed by atoms with Crippen molar-refractivity contribution >= 4 is 17.0 Å². The van der Waals surface area contributed by atoms with E-state index in [-0.39, 0.29) is 12.3 Å². The number of hydrogen-bond acceptors (Lipinski definition) is 4. The molecule has 6 heteroatoms. The Hall–Kier alpha value is -2.08. The average molecular weight is 264 g/mol. The van der Waals surface area contributed by atoms with E-state index in [0.29, 0.717) is 11.1 Å². The van der Waals surface area contributed by atoms with Crippen LogP contribution in [0.4, 0.5) is 0 Å². The number of benzene rings is 1. The van der Waals surface area contributed by atoms with Crippen molar-refractivity contribution in [1.29, 1.82) is 0 Å². The number of fused-ring (bicyclic) bond motifs is 1. The maximum absolute atomic E-state index is 11.8.